The van der Waals surface area contributed by atoms with Crippen LogP contribution in [0.2, 0.25) is 0 Å². The quantitative estimate of drug-likeness (QED) is 0.681. The summed E-state index contributed by atoms with van der Waals surface area (Å²) in [5.41, 5.74) is 0.915. The number of ether oxygens (including phenoxy) is 1. The SMILES string of the molecule is O=C(NCC[C@H](O)CO)OCc1ccccc1. The molecule has 1 amide bonds. The molecule has 1 aromatic rings. The topological polar surface area (TPSA) is 78.8 Å². The maximum absolute atomic E-state index is 11.2. The maximum atomic E-state index is 11.2. The molecule has 0 aromatic heterocycles. The van der Waals surface area contributed by atoms with Crippen LogP contribution in [-0.4, -0.2) is 35.6 Å². The van der Waals surface area contributed by atoms with E-state index in [9.17, 15) is 4.79 Å². The fourth-order valence-electron chi connectivity index (χ4n) is 1.21. The van der Waals surface area contributed by atoms with E-state index in [2.05, 4.69) is 5.32 Å². The highest BCUT2D eigenvalue weighted by molar-refractivity contribution is 5.67. The van der Waals surface area contributed by atoms with Gasteiger partial charge in [0.05, 0.1) is 12.7 Å². The van der Waals surface area contributed by atoms with Crippen LogP contribution in [0, 0.1) is 0 Å². The van der Waals surface area contributed by atoms with Gasteiger partial charge in [0.2, 0.25) is 0 Å². The third-order valence-corrected chi connectivity index (χ3v) is 2.17. The largest absolute Gasteiger partial charge is 0.445 e. The first kappa shape index (κ1) is 13.5. The van der Waals surface area contributed by atoms with Gasteiger partial charge in [0.25, 0.3) is 0 Å². The van der Waals surface area contributed by atoms with Crippen LogP contribution in [0.4, 0.5) is 4.79 Å². The van der Waals surface area contributed by atoms with Crippen molar-refractivity contribution in [2.24, 2.45) is 0 Å². The number of carbonyl (C=O) groups excluding carboxylic acids is 1. The van der Waals surface area contributed by atoms with Crippen molar-refractivity contribution in [3.8, 4) is 0 Å². The summed E-state index contributed by atoms with van der Waals surface area (Å²) < 4.78 is 4.95. The Labute approximate surface area is 100 Å². The van der Waals surface area contributed by atoms with Crippen LogP contribution in [0.1, 0.15) is 12.0 Å². The van der Waals surface area contributed by atoms with Gasteiger partial charge in [0.1, 0.15) is 6.61 Å². The van der Waals surface area contributed by atoms with E-state index in [4.69, 9.17) is 14.9 Å². The highest BCUT2D eigenvalue weighted by Gasteiger charge is 2.05. The van der Waals surface area contributed by atoms with E-state index in [1.165, 1.54) is 0 Å². The fourth-order valence-corrected chi connectivity index (χ4v) is 1.21. The Morgan fingerprint density at radius 1 is 1.35 bits per heavy atom. The minimum atomic E-state index is -0.801. The zero-order valence-electron chi connectivity index (χ0n) is 9.50. The molecule has 0 aliphatic rings. The van der Waals surface area contributed by atoms with Crippen molar-refractivity contribution in [1.29, 1.82) is 0 Å². The highest BCUT2D eigenvalue weighted by Crippen LogP contribution is 2.00. The van der Waals surface area contributed by atoms with Crippen molar-refractivity contribution < 1.29 is 19.7 Å². The molecule has 1 rings (SSSR count). The zero-order chi connectivity index (χ0) is 12.5. The summed E-state index contributed by atoms with van der Waals surface area (Å²) >= 11 is 0. The van der Waals surface area contributed by atoms with E-state index in [0.717, 1.165) is 5.56 Å². The Hall–Kier alpha value is -1.59. The summed E-state index contributed by atoms with van der Waals surface area (Å²) in [5.74, 6) is 0. The number of benzene rings is 1. The summed E-state index contributed by atoms with van der Waals surface area (Å²) in [6, 6.07) is 9.36. The van der Waals surface area contributed by atoms with Gasteiger partial charge in [-0.1, -0.05) is 30.3 Å². The fraction of sp³-hybridized carbons (Fsp3) is 0.417. The highest BCUT2D eigenvalue weighted by atomic mass is 16.5. The molecular weight excluding hydrogens is 222 g/mol. The zero-order valence-corrected chi connectivity index (χ0v) is 9.50. The van der Waals surface area contributed by atoms with Crippen molar-refractivity contribution in [2.75, 3.05) is 13.2 Å². The summed E-state index contributed by atoms with van der Waals surface area (Å²) in [6.07, 6.45) is -1.03. The number of aliphatic hydroxyl groups excluding tert-OH is 2. The lowest BCUT2D eigenvalue weighted by molar-refractivity contribution is 0.0866. The van der Waals surface area contributed by atoms with Crippen LogP contribution in [0.3, 0.4) is 0 Å². The van der Waals surface area contributed by atoms with Crippen LogP contribution in [0.5, 0.6) is 0 Å². The maximum Gasteiger partial charge on any atom is 0.407 e. The molecule has 0 fully saturated rings. The van der Waals surface area contributed by atoms with Gasteiger partial charge in [0, 0.05) is 6.54 Å². The van der Waals surface area contributed by atoms with Crippen LogP contribution < -0.4 is 5.32 Å². The summed E-state index contributed by atoms with van der Waals surface area (Å²) in [4.78, 5) is 11.2. The molecule has 94 valence electrons. The summed E-state index contributed by atoms with van der Waals surface area (Å²) in [7, 11) is 0. The first-order valence-corrected chi connectivity index (χ1v) is 5.46. The molecule has 0 heterocycles. The smallest absolute Gasteiger partial charge is 0.407 e. The first-order chi connectivity index (χ1) is 8.22. The van der Waals surface area contributed by atoms with E-state index in [1.807, 2.05) is 30.3 Å². The molecule has 0 bridgehead atoms. The second-order valence-electron chi connectivity index (χ2n) is 3.61. The minimum absolute atomic E-state index is 0.217. The van der Waals surface area contributed by atoms with Gasteiger partial charge in [-0.05, 0) is 12.0 Å². The lowest BCUT2D eigenvalue weighted by Crippen LogP contribution is -2.28. The molecule has 0 radical (unpaired) electrons. The van der Waals surface area contributed by atoms with Gasteiger partial charge in [-0.15, -0.1) is 0 Å². The molecule has 0 saturated carbocycles. The predicted molar refractivity (Wildman–Crippen MR) is 62.3 cm³/mol. The van der Waals surface area contributed by atoms with Gasteiger partial charge in [-0.3, -0.25) is 0 Å². The van der Waals surface area contributed by atoms with Crippen LogP contribution >= 0.6 is 0 Å². The molecule has 0 saturated heterocycles. The third kappa shape index (κ3) is 5.89. The Kier molecular flexibility index (Phi) is 6.06. The van der Waals surface area contributed by atoms with Gasteiger partial charge in [0.15, 0.2) is 0 Å². The lowest BCUT2D eigenvalue weighted by Gasteiger charge is -2.09. The van der Waals surface area contributed by atoms with Crippen molar-refractivity contribution in [3.63, 3.8) is 0 Å². The number of nitrogens with one attached hydrogen (secondary N) is 1. The molecule has 3 N–H and O–H groups in total. The molecular formula is C12H17NO4. The van der Waals surface area contributed by atoms with Crippen LogP contribution in [0.25, 0.3) is 0 Å². The van der Waals surface area contributed by atoms with Crippen LogP contribution in [-0.2, 0) is 11.3 Å². The van der Waals surface area contributed by atoms with Crippen molar-refractivity contribution in [2.45, 2.75) is 19.1 Å². The number of carbonyl (C=O) groups is 1. The Balaban J connectivity index is 2.13. The number of amides is 1. The number of alkyl carbamates (subject to hydrolysis) is 1. The molecule has 5 heteroatoms. The van der Waals surface area contributed by atoms with Crippen molar-refractivity contribution >= 4 is 6.09 Å². The monoisotopic (exact) mass is 239 g/mol. The molecule has 0 spiro atoms. The molecule has 0 unspecified atom stereocenters. The normalized spacial score (nSPS) is 11.9. The number of hydrogen-bond acceptors (Lipinski definition) is 4. The number of hydrogen-bond donors (Lipinski definition) is 3. The minimum Gasteiger partial charge on any atom is -0.445 e. The second-order valence-corrected chi connectivity index (χ2v) is 3.61. The predicted octanol–water partition coefficient (Wildman–Crippen LogP) is 0.656. The van der Waals surface area contributed by atoms with Gasteiger partial charge in [-0.2, -0.15) is 0 Å². The van der Waals surface area contributed by atoms with Crippen molar-refractivity contribution in [1.82, 2.24) is 5.32 Å². The van der Waals surface area contributed by atoms with Gasteiger partial charge < -0.3 is 20.3 Å². The standard InChI is InChI=1S/C12H17NO4/c14-8-11(15)6-7-13-12(16)17-9-10-4-2-1-3-5-10/h1-5,11,14-15H,6-9H2,(H,13,16)/t11-/m0/s1. The Morgan fingerprint density at radius 3 is 2.71 bits per heavy atom. The first-order valence-electron chi connectivity index (χ1n) is 5.46. The van der Waals surface area contributed by atoms with Gasteiger partial charge >= 0.3 is 6.09 Å². The number of aliphatic hydroxyl groups is 2. The van der Waals surface area contributed by atoms with E-state index in [1.54, 1.807) is 0 Å². The molecule has 5 nitrogen and oxygen atoms in total. The van der Waals surface area contributed by atoms with E-state index in [0.29, 0.717) is 6.42 Å². The van der Waals surface area contributed by atoms with E-state index in [-0.39, 0.29) is 19.8 Å². The lowest BCUT2D eigenvalue weighted by atomic mass is 10.2. The third-order valence-electron chi connectivity index (χ3n) is 2.17. The van der Waals surface area contributed by atoms with Crippen molar-refractivity contribution in [3.05, 3.63) is 35.9 Å². The van der Waals surface area contributed by atoms with Gasteiger partial charge in [-0.25, -0.2) is 4.79 Å². The van der Waals surface area contributed by atoms with E-state index < -0.39 is 12.2 Å². The molecule has 1 aromatic carbocycles. The molecule has 0 aliphatic heterocycles. The Bertz CT molecular complexity index is 329. The summed E-state index contributed by atoms with van der Waals surface area (Å²) in [6.45, 7) is 0.186. The van der Waals surface area contributed by atoms with Crippen LogP contribution in [0.15, 0.2) is 30.3 Å². The number of rotatable bonds is 6. The average Bonchev–Trinajstić information content (AvgIpc) is 2.37. The molecule has 17 heavy (non-hydrogen) atoms. The van der Waals surface area contributed by atoms with E-state index >= 15 is 0 Å². The summed E-state index contributed by atoms with van der Waals surface area (Å²) in [5, 5.41) is 20.1. The average molecular weight is 239 g/mol. The second kappa shape index (κ2) is 7.65. The molecule has 0 aliphatic carbocycles. The Morgan fingerprint density at radius 2 is 2.06 bits per heavy atom. The molecule has 1 atom stereocenters.